The average molecular weight is 347 g/mol. The maximum absolute atomic E-state index is 11.7. The van der Waals surface area contributed by atoms with Gasteiger partial charge < -0.3 is 16.4 Å². The number of hydrogen-bond acceptors (Lipinski definition) is 5. The predicted molar refractivity (Wildman–Crippen MR) is 90.5 cm³/mol. The van der Waals surface area contributed by atoms with Crippen LogP contribution in [0.15, 0.2) is 0 Å². The van der Waals surface area contributed by atoms with Crippen LogP contribution in [0.2, 0.25) is 0 Å². The van der Waals surface area contributed by atoms with E-state index < -0.39 is 0 Å². The molecule has 1 aromatic rings. The summed E-state index contributed by atoms with van der Waals surface area (Å²) in [7, 11) is 0. The van der Waals surface area contributed by atoms with Crippen LogP contribution in [0, 0.1) is 5.92 Å². The van der Waals surface area contributed by atoms with Crippen molar-refractivity contribution in [2.24, 2.45) is 11.7 Å². The Labute approximate surface area is 140 Å². The van der Waals surface area contributed by atoms with Gasteiger partial charge in [0.05, 0.1) is 18.8 Å². The number of thiazole rings is 1. The number of carbonyl (C=O) groups excluding carboxylic acids is 2. The van der Waals surface area contributed by atoms with Crippen molar-refractivity contribution in [2.75, 3.05) is 18.4 Å². The Morgan fingerprint density at radius 2 is 2.18 bits per heavy atom. The van der Waals surface area contributed by atoms with Crippen LogP contribution >= 0.6 is 23.7 Å². The molecule has 0 radical (unpaired) electrons. The van der Waals surface area contributed by atoms with Gasteiger partial charge in [0.15, 0.2) is 5.13 Å². The van der Waals surface area contributed by atoms with Gasteiger partial charge in [-0.05, 0) is 25.2 Å². The lowest BCUT2D eigenvalue weighted by Crippen LogP contribution is -2.36. The van der Waals surface area contributed by atoms with Gasteiger partial charge in [-0.1, -0.05) is 19.8 Å². The standard InChI is InChI=1S/C14H22N4O2S.ClH/c1-2-3-9-4-5-10-11(6-9)21-14(17-10)18-13(20)8-16-12(19)7-15;/h9H,2-8,15H2,1H3,(H,16,19)(H,17,18,20);1H. The highest BCUT2D eigenvalue weighted by atomic mass is 35.5. The van der Waals surface area contributed by atoms with Crippen molar-refractivity contribution in [3.8, 4) is 0 Å². The average Bonchev–Trinajstić information content (AvgIpc) is 2.86. The van der Waals surface area contributed by atoms with Crippen molar-refractivity contribution in [2.45, 2.75) is 39.0 Å². The molecule has 1 aromatic heterocycles. The molecule has 2 rings (SSSR count). The number of rotatable bonds is 6. The molecule has 1 atom stereocenters. The van der Waals surface area contributed by atoms with Crippen LogP contribution in [-0.2, 0) is 22.4 Å². The molecule has 0 aromatic carbocycles. The minimum atomic E-state index is -0.342. The van der Waals surface area contributed by atoms with E-state index in [9.17, 15) is 9.59 Å². The molecule has 0 fully saturated rings. The molecule has 124 valence electrons. The number of aryl methyl sites for hydroxylation is 1. The molecule has 1 aliphatic carbocycles. The van der Waals surface area contributed by atoms with E-state index >= 15 is 0 Å². The summed E-state index contributed by atoms with van der Waals surface area (Å²) in [5.41, 5.74) is 6.28. The first-order chi connectivity index (χ1) is 10.1. The number of amides is 2. The van der Waals surface area contributed by atoms with Gasteiger partial charge in [-0.2, -0.15) is 0 Å². The maximum Gasteiger partial charge on any atom is 0.245 e. The van der Waals surface area contributed by atoms with Crippen LogP contribution in [0.5, 0.6) is 0 Å². The number of aromatic nitrogens is 1. The lowest BCUT2D eigenvalue weighted by atomic mass is 9.88. The van der Waals surface area contributed by atoms with Gasteiger partial charge in [0.25, 0.3) is 0 Å². The van der Waals surface area contributed by atoms with Gasteiger partial charge in [-0.3, -0.25) is 9.59 Å². The largest absolute Gasteiger partial charge is 0.346 e. The number of fused-ring (bicyclic) bond motifs is 1. The summed E-state index contributed by atoms with van der Waals surface area (Å²) in [5, 5.41) is 5.81. The lowest BCUT2D eigenvalue weighted by molar-refractivity contribution is -0.123. The molecule has 0 spiro atoms. The Balaban J connectivity index is 0.00000242. The van der Waals surface area contributed by atoms with E-state index in [4.69, 9.17) is 5.73 Å². The van der Waals surface area contributed by atoms with Gasteiger partial charge in [0, 0.05) is 4.88 Å². The number of nitrogens with zero attached hydrogens (tertiary/aromatic N) is 1. The number of nitrogens with one attached hydrogen (secondary N) is 2. The van der Waals surface area contributed by atoms with E-state index in [2.05, 4.69) is 22.5 Å². The number of carbonyl (C=O) groups is 2. The van der Waals surface area contributed by atoms with Gasteiger partial charge in [-0.15, -0.1) is 23.7 Å². The van der Waals surface area contributed by atoms with E-state index in [1.165, 1.54) is 24.1 Å². The summed E-state index contributed by atoms with van der Waals surface area (Å²) >= 11 is 1.55. The highest BCUT2D eigenvalue weighted by molar-refractivity contribution is 7.15. The molecule has 0 bridgehead atoms. The zero-order valence-electron chi connectivity index (χ0n) is 12.7. The Morgan fingerprint density at radius 3 is 2.86 bits per heavy atom. The Morgan fingerprint density at radius 1 is 1.41 bits per heavy atom. The summed E-state index contributed by atoms with van der Waals surface area (Å²) in [6.45, 7) is 2.03. The minimum Gasteiger partial charge on any atom is -0.346 e. The molecule has 6 nitrogen and oxygen atoms in total. The highest BCUT2D eigenvalue weighted by Gasteiger charge is 2.22. The quantitative estimate of drug-likeness (QED) is 0.726. The number of halogens is 1. The first kappa shape index (κ1) is 18.9. The van der Waals surface area contributed by atoms with Crippen LogP contribution in [-0.4, -0.2) is 29.9 Å². The number of hydrogen-bond donors (Lipinski definition) is 3. The summed E-state index contributed by atoms with van der Waals surface area (Å²) in [5.74, 6) is 0.134. The van der Waals surface area contributed by atoms with Crippen LogP contribution in [0.25, 0.3) is 0 Å². The van der Waals surface area contributed by atoms with Crippen LogP contribution in [0.3, 0.4) is 0 Å². The normalized spacial score (nSPS) is 16.4. The second-order valence-corrected chi connectivity index (χ2v) is 6.40. The first-order valence-electron chi connectivity index (χ1n) is 7.37. The molecule has 8 heteroatoms. The Hall–Kier alpha value is -1.18. The van der Waals surface area contributed by atoms with E-state index in [0.717, 1.165) is 24.5 Å². The second kappa shape index (κ2) is 9.07. The van der Waals surface area contributed by atoms with Crippen molar-refractivity contribution in [3.05, 3.63) is 10.6 Å². The molecule has 22 heavy (non-hydrogen) atoms. The minimum absolute atomic E-state index is 0. The van der Waals surface area contributed by atoms with Crippen molar-refractivity contribution >= 4 is 40.7 Å². The third-order valence-electron chi connectivity index (χ3n) is 3.62. The van der Waals surface area contributed by atoms with Crippen LogP contribution in [0.4, 0.5) is 5.13 Å². The molecular formula is C14H23ClN4O2S. The van der Waals surface area contributed by atoms with Crippen molar-refractivity contribution < 1.29 is 9.59 Å². The summed E-state index contributed by atoms with van der Waals surface area (Å²) in [6, 6.07) is 0. The van der Waals surface area contributed by atoms with Crippen molar-refractivity contribution in [1.82, 2.24) is 10.3 Å². The monoisotopic (exact) mass is 346 g/mol. The molecule has 0 saturated heterocycles. The van der Waals surface area contributed by atoms with E-state index in [1.807, 2.05) is 0 Å². The molecule has 4 N–H and O–H groups in total. The van der Waals surface area contributed by atoms with Crippen LogP contribution < -0.4 is 16.4 Å². The summed E-state index contributed by atoms with van der Waals surface area (Å²) in [6.07, 6.45) is 5.72. The summed E-state index contributed by atoms with van der Waals surface area (Å²) < 4.78 is 0. The van der Waals surface area contributed by atoms with Crippen LogP contribution in [0.1, 0.15) is 36.8 Å². The van der Waals surface area contributed by atoms with E-state index in [1.54, 1.807) is 11.3 Å². The van der Waals surface area contributed by atoms with Crippen molar-refractivity contribution in [1.29, 1.82) is 0 Å². The van der Waals surface area contributed by atoms with Gasteiger partial charge in [0.2, 0.25) is 11.8 Å². The third-order valence-corrected chi connectivity index (χ3v) is 4.65. The maximum atomic E-state index is 11.7. The zero-order valence-corrected chi connectivity index (χ0v) is 14.3. The SMILES string of the molecule is CCCC1CCc2nc(NC(=O)CNC(=O)CN)sc2C1.Cl. The molecule has 1 aliphatic rings. The summed E-state index contributed by atoms with van der Waals surface area (Å²) in [4.78, 5) is 28.5. The zero-order chi connectivity index (χ0) is 15.2. The van der Waals surface area contributed by atoms with Gasteiger partial charge in [0.1, 0.15) is 0 Å². The van der Waals surface area contributed by atoms with Crippen molar-refractivity contribution in [3.63, 3.8) is 0 Å². The highest BCUT2D eigenvalue weighted by Crippen LogP contribution is 2.33. The molecule has 0 saturated carbocycles. The fraction of sp³-hybridized carbons (Fsp3) is 0.643. The second-order valence-electron chi connectivity index (χ2n) is 5.32. The van der Waals surface area contributed by atoms with E-state index in [0.29, 0.717) is 5.13 Å². The molecule has 1 unspecified atom stereocenters. The lowest BCUT2D eigenvalue weighted by Gasteiger charge is -2.19. The fourth-order valence-corrected chi connectivity index (χ4v) is 3.70. The molecule has 1 heterocycles. The topological polar surface area (TPSA) is 97.1 Å². The predicted octanol–water partition coefficient (Wildman–Crippen LogP) is 1.48. The molecule has 0 aliphatic heterocycles. The van der Waals surface area contributed by atoms with Gasteiger partial charge in [-0.25, -0.2) is 4.98 Å². The number of anilines is 1. The Kier molecular flexibility index (Phi) is 7.78. The van der Waals surface area contributed by atoms with Gasteiger partial charge >= 0.3 is 0 Å². The fourth-order valence-electron chi connectivity index (χ4n) is 2.57. The van der Waals surface area contributed by atoms with E-state index in [-0.39, 0.29) is 37.3 Å². The first-order valence-corrected chi connectivity index (χ1v) is 8.19. The smallest absolute Gasteiger partial charge is 0.245 e. The Bertz CT molecular complexity index is 521. The molecular weight excluding hydrogens is 324 g/mol. The molecule has 2 amide bonds. The third kappa shape index (κ3) is 5.23. The number of nitrogens with two attached hydrogens (primary N) is 1.